The molecule has 3 nitrogen and oxygen atoms in total. The lowest BCUT2D eigenvalue weighted by molar-refractivity contribution is 0.385. The molecular formula is C65H63N3. The third kappa shape index (κ3) is 9.72. The third-order valence-corrected chi connectivity index (χ3v) is 14.5. The van der Waals surface area contributed by atoms with Gasteiger partial charge in [-0.3, -0.25) is 0 Å². The monoisotopic (exact) mass is 886 g/mol. The van der Waals surface area contributed by atoms with Crippen LogP contribution < -0.4 is 0 Å². The van der Waals surface area contributed by atoms with Crippen LogP contribution in [0.5, 0.6) is 0 Å². The van der Waals surface area contributed by atoms with Gasteiger partial charge in [0, 0.05) is 11.1 Å². The van der Waals surface area contributed by atoms with E-state index in [1.165, 1.54) is 66.8 Å². The summed E-state index contributed by atoms with van der Waals surface area (Å²) in [5, 5.41) is 0. The van der Waals surface area contributed by atoms with E-state index in [-0.39, 0.29) is 0 Å². The summed E-state index contributed by atoms with van der Waals surface area (Å²) >= 11 is 0. The van der Waals surface area contributed by atoms with Crippen molar-refractivity contribution in [1.29, 1.82) is 0 Å². The summed E-state index contributed by atoms with van der Waals surface area (Å²) in [6.45, 7) is 8.94. The van der Waals surface area contributed by atoms with Crippen LogP contribution in [0.4, 0.5) is 0 Å². The zero-order valence-electron chi connectivity index (χ0n) is 39.9. The van der Waals surface area contributed by atoms with Crippen LogP contribution in [0.2, 0.25) is 0 Å². The van der Waals surface area contributed by atoms with Crippen LogP contribution in [0.15, 0.2) is 205 Å². The van der Waals surface area contributed by atoms with Crippen LogP contribution in [-0.4, -0.2) is 15.0 Å². The summed E-state index contributed by atoms with van der Waals surface area (Å²) in [4.78, 5) is 15.4. The predicted octanol–water partition coefficient (Wildman–Crippen LogP) is 17.5. The van der Waals surface area contributed by atoms with E-state index in [2.05, 4.69) is 196 Å². The second kappa shape index (κ2) is 20.9. The minimum Gasteiger partial charge on any atom is -0.209 e. The highest BCUT2D eigenvalue weighted by Gasteiger charge is 2.32. The standard InChI is InChI=1S/C65H63N3/c1-4-24-56(64-66-63(52-35-18-9-19-36-52)67-65(68-64)57-40-21-20-25-45(57)2)46(3)41-47-26-22-37-53(42-47)54-38-23-39-55(43-54)59-44-58(48-27-10-5-11-28-48)60(49-29-12-6-13-30-49)62(51-33-16-8-17-34-51)61(59)50-31-14-7-15-32-50/h5-6,8-10,12-14,16-23,26-27,29-38,40,44,53-55H,2,4,7,11,15,24-25,28,39,41-43H2,1,3H3/b56-46+. The summed E-state index contributed by atoms with van der Waals surface area (Å²) < 4.78 is 0. The molecule has 4 aromatic carbocycles. The van der Waals surface area contributed by atoms with Crippen molar-refractivity contribution < 1.29 is 0 Å². The van der Waals surface area contributed by atoms with Crippen LogP contribution in [-0.2, 0) is 0 Å². The zero-order chi connectivity index (χ0) is 46.2. The molecule has 5 aromatic rings. The van der Waals surface area contributed by atoms with Gasteiger partial charge in [-0.15, -0.1) is 0 Å². The SMILES string of the molecule is C=C1CC=CC=C1c1nc(/C(CCC)=C(\C)CC2=CC=CC(C3C=CCC(c4cc(C5=CC=CCC5)c(-c5ccccc5)c(-c5ccccc5)c4C4=CCCC=C4)C3)C2)nc(-c2ccccc2)n1. The lowest BCUT2D eigenvalue weighted by atomic mass is 9.70. The first kappa shape index (κ1) is 44.8. The van der Waals surface area contributed by atoms with Crippen molar-refractivity contribution in [3.05, 3.63) is 234 Å². The Morgan fingerprint density at radius 2 is 1.41 bits per heavy atom. The summed E-state index contributed by atoms with van der Waals surface area (Å²) in [5.41, 5.74) is 19.4. The average Bonchev–Trinajstić information content (AvgIpc) is 3.41. The summed E-state index contributed by atoms with van der Waals surface area (Å²) in [7, 11) is 0. The fraction of sp³-hybridized carbons (Fsp3) is 0.246. The fourth-order valence-electron chi connectivity index (χ4n) is 11.1. The van der Waals surface area contributed by atoms with E-state index >= 15 is 0 Å². The van der Waals surface area contributed by atoms with Gasteiger partial charge in [0.05, 0.1) is 0 Å². The predicted molar refractivity (Wildman–Crippen MR) is 288 cm³/mol. The van der Waals surface area contributed by atoms with Gasteiger partial charge in [0.25, 0.3) is 0 Å². The molecule has 0 saturated heterocycles. The largest absolute Gasteiger partial charge is 0.209 e. The van der Waals surface area contributed by atoms with Gasteiger partial charge >= 0.3 is 0 Å². The zero-order valence-corrected chi connectivity index (χ0v) is 39.9. The van der Waals surface area contributed by atoms with Gasteiger partial charge in [0.15, 0.2) is 17.5 Å². The van der Waals surface area contributed by atoms with E-state index in [0.29, 0.717) is 29.4 Å². The Morgan fingerprint density at radius 3 is 2.12 bits per heavy atom. The molecule has 1 heterocycles. The number of benzene rings is 4. The Morgan fingerprint density at radius 1 is 0.676 bits per heavy atom. The third-order valence-electron chi connectivity index (χ3n) is 14.5. The van der Waals surface area contributed by atoms with Crippen molar-refractivity contribution >= 4 is 22.3 Å². The summed E-state index contributed by atoms with van der Waals surface area (Å²) in [5.74, 6) is 3.42. The second-order valence-corrected chi connectivity index (χ2v) is 19.2. The van der Waals surface area contributed by atoms with E-state index < -0.39 is 0 Å². The topological polar surface area (TPSA) is 38.7 Å². The van der Waals surface area contributed by atoms with Gasteiger partial charge < -0.3 is 0 Å². The van der Waals surface area contributed by atoms with E-state index in [0.717, 1.165) is 93.2 Å². The fourth-order valence-corrected chi connectivity index (χ4v) is 11.1. The Balaban J connectivity index is 0.995. The van der Waals surface area contributed by atoms with Crippen molar-refractivity contribution in [3.63, 3.8) is 0 Å². The molecule has 0 aliphatic heterocycles. The molecule has 0 saturated carbocycles. The smallest absolute Gasteiger partial charge is 0.164 e. The quantitative estimate of drug-likeness (QED) is 0.111. The van der Waals surface area contributed by atoms with Gasteiger partial charge in [-0.05, 0) is 156 Å². The summed E-state index contributed by atoms with van der Waals surface area (Å²) in [6.07, 6.45) is 43.9. The number of nitrogens with zero attached hydrogens (tertiary/aromatic N) is 3. The number of allylic oxidation sites excluding steroid dienone is 21. The van der Waals surface area contributed by atoms with Gasteiger partial charge in [-0.25, -0.2) is 15.0 Å². The lowest BCUT2D eigenvalue weighted by Gasteiger charge is -2.34. The highest BCUT2D eigenvalue weighted by Crippen LogP contribution is 2.51. The van der Waals surface area contributed by atoms with Crippen LogP contribution in [0, 0.1) is 11.8 Å². The highest BCUT2D eigenvalue weighted by atomic mass is 15.0. The first-order valence-electron chi connectivity index (χ1n) is 25.2. The van der Waals surface area contributed by atoms with E-state index in [1.54, 1.807) is 0 Å². The Hall–Kier alpha value is -6.97. The van der Waals surface area contributed by atoms with Crippen LogP contribution in [0.25, 0.3) is 55.9 Å². The molecule has 5 aliphatic carbocycles. The van der Waals surface area contributed by atoms with E-state index in [1.807, 2.05) is 6.07 Å². The molecule has 10 rings (SSSR count). The first-order valence-corrected chi connectivity index (χ1v) is 25.2. The molecule has 5 aliphatic rings. The highest BCUT2D eigenvalue weighted by molar-refractivity contribution is 6.01. The molecule has 0 amide bonds. The molecular weight excluding hydrogens is 823 g/mol. The number of hydrogen-bond acceptors (Lipinski definition) is 3. The van der Waals surface area contributed by atoms with Crippen molar-refractivity contribution in [2.24, 2.45) is 11.8 Å². The molecule has 1 aromatic heterocycles. The van der Waals surface area contributed by atoms with Gasteiger partial charge in [-0.2, -0.15) is 0 Å². The Kier molecular flexibility index (Phi) is 13.8. The molecule has 0 radical (unpaired) electrons. The minimum absolute atomic E-state index is 0.380. The molecule has 338 valence electrons. The van der Waals surface area contributed by atoms with Crippen molar-refractivity contribution in [3.8, 4) is 33.6 Å². The summed E-state index contributed by atoms with van der Waals surface area (Å²) in [6, 6.07) is 35.4. The number of aromatic nitrogens is 3. The van der Waals surface area contributed by atoms with Crippen molar-refractivity contribution in [1.82, 2.24) is 15.0 Å². The molecule has 0 fully saturated rings. The van der Waals surface area contributed by atoms with Gasteiger partial charge in [0.1, 0.15) is 0 Å². The van der Waals surface area contributed by atoms with E-state index in [9.17, 15) is 0 Å². The first-order chi connectivity index (χ1) is 33.5. The maximum atomic E-state index is 5.22. The Labute approximate surface area is 405 Å². The van der Waals surface area contributed by atoms with Crippen LogP contribution in [0.3, 0.4) is 0 Å². The van der Waals surface area contributed by atoms with Gasteiger partial charge in [-0.1, -0.05) is 207 Å². The van der Waals surface area contributed by atoms with Crippen molar-refractivity contribution in [2.45, 2.75) is 90.4 Å². The molecule has 3 atom stereocenters. The maximum absolute atomic E-state index is 5.22. The molecule has 68 heavy (non-hydrogen) atoms. The molecule has 3 heteroatoms. The van der Waals surface area contributed by atoms with Gasteiger partial charge in [0.2, 0.25) is 0 Å². The van der Waals surface area contributed by atoms with E-state index in [4.69, 9.17) is 15.0 Å². The van der Waals surface area contributed by atoms with Crippen molar-refractivity contribution in [2.75, 3.05) is 0 Å². The van der Waals surface area contributed by atoms with Crippen LogP contribution in [0.1, 0.15) is 119 Å². The molecule has 3 unspecified atom stereocenters. The molecule has 0 bridgehead atoms. The maximum Gasteiger partial charge on any atom is 0.164 e. The molecule has 0 N–H and O–H groups in total. The second-order valence-electron chi connectivity index (χ2n) is 19.2. The minimum atomic E-state index is 0.380. The van der Waals surface area contributed by atoms with Crippen LogP contribution >= 0.6 is 0 Å². The number of hydrogen-bond donors (Lipinski definition) is 0. The lowest BCUT2D eigenvalue weighted by Crippen LogP contribution is -2.20. The average molecular weight is 886 g/mol. The normalized spacial score (nSPS) is 20.4. The number of rotatable bonds is 13. The molecule has 0 spiro atoms. The Bertz CT molecular complexity index is 3000.